The Kier molecular flexibility index (Phi) is 5.52. The normalized spacial score (nSPS) is 22.8. The molecule has 15 nitrogen and oxygen atoms in total. The van der Waals surface area contributed by atoms with Gasteiger partial charge in [-0.25, -0.2) is 18.7 Å². The Bertz CT molecular complexity index is 1210. The number of hydrogen-bond acceptors (Lipinski definition) is 12. The Morgan fingerprint density at radius 1 is 1.38 bits per heavy atom. The fourth-order valence-corrected chi connectivity index (χ4v) is 3.27. The summed E-state index contributed by atoms with van der Waals surface area (Å²) >= 11 is 0. The molecule has 1 fully saturated rings. The molecule has 1 aliphatic heterocycles. The highest BCUT2D eigenvalue weighted by molar-refractivity contribution is 5.72. The fraction of sp³-hybridized carbons (Fsp3) is 0.500. The van der Waals surface area contributed by atoms with Gasteiger partial charge in [-0.1, -0.05) is 12.1 Å². The lowest BCUT2D eigenvalue weighted by atomic mass is 10.2. The third kappa shape index (κ3) is 3.75. The van der Waals surface area contributed by atoms with Crippen molar-refractivity contribution in [3.05, 3.63) is 22.5 Å². The van der Waals surface area contributed by atoms with Gasteiger partial charge in [-0.15, -0.1) is 10.2 Å². The van der Waals surface area contributed by atoms with Crippen LogP contribution in [-0.4, -0.2) is 70.2 Å². The molecule has 0 radical (unpaired) electrons. The highest BCUT2D eigenvalue weighted by Gasteiger charge is 2.51. The van der Waals surface area contributed by atoms with Crippen LogP contribution in [0.25, 0.3) is 11.2 Å². The van der Waals surface area contributed by atoms with Crippen LogP contribution in [0.1, 0.15) is 32.3 Å². The molecule has 32 heavy (non-hydrogen) atoms. The summed E-state index contributed by atoms with van der Waals surface area (Å²) in [5.41, 5.74) is 5.12. The summed E-state index contributed by atoms with van der Waals surface area (Å²) in [5, 5.41) is 13.3. The van der Waals surface area contributed by atoms with Crippen molar-refractivity contribution in [1.82, 2.24) is 39.7 Å². The maximum atomic E-state index is 15.1. The summed E-state index contributed by atoms with van der Waals surface area (Å²) in [4.78, 5) is 44.6. The van der Waals surface area contributed by atoms with Gasteiger partial charge in [-0.05, 0) is 0 Å². The van der Waals surface area contributed by atoms with E-state index in [9.17, 15) is 14.4 Å². The number of carbonyl (C=O) groups excluding carboxylic acids is 2. The Labute approximate surface area is 177 Å². The predicted octanol–water partition coefficient (Wildman–Crippen LogP) is -1.19. The third-order valence-corrected chi connectivity index (χ3v) is 4.63. The van der Waals surface area contributed by atoms with Crippen LogP contribution in [0.5, 0.6) is 0 Å². The zero-order valence-corrected chi connectivity index (χ0v) is 16.8. The Morgan fingerprint density at radius 2 is 2.16 bits per heavy atom. The molecule has 16 heteroatoms. The molecule has 0 bridgehead atoms. The van der Waals surface area contributed by atoms with Crippen molar-refractivity contribution in [2.75, 3.05) is 5.73 Å². The molecule has 0 aliphatic carbocycles. The molecule has 4 heterocycles. The first kappa shape index (κ1) is 21.3. The lowest BCUT2D eigenvalue weighted by Gasteiger charge is -2.19. The van der Waals surface area contributed by atoms with Crippen LogP contribution in [0.2, 0.25) is 0 Å². The number of carbonyl (C=O) groups is 2. The van der Waals surface area contributed by atoms with Gasteiger partial charge < -0.3 is 19.9 Å². The molecule has 3 N–H and O–H groups in total. The van der Waals surface area contributed by atoms with Crippen LogP contribution in [0, 0.1) is 0 Å². The van der Waals surface area contributed by atoms with E-state index in [0.29, 0.717) is 0 Å². The number of halogens is 1. The minimum atomic E-state index is -2.07. The number of fused-ring (bicyclic) bond motifs is 1. The molecule has 4 atom stereocenters. The summed E-state index contributed by atoms with van der Waals surface area (Å²) in [6, 6.07) is 0. The van der Waals surface area contributed by atoms with E-state index in [1.54, 1.807) is 0 Å². The molecule has 1 saturated heterocycles. The molecule has 0 unspecified atom stereocenters. The molecule has 4 rings (SSSR count). The number of hydrogen-bond donors (Lipinski definition) is 2. The molecular weight excluding hydrogens is 433 g/mol. The summed E-state index contributed by atoms with van der Waals surface area (Å²) in [5.74, 6) is -1.56. The molecular formula is C16H18FN9O6. The van der Waals surface area contributed by atoms with Crippen molar-refractivity contribution >= 4 is 29.1 Å². The number of nitrogen functional groups attached to an aromatic ring is 1. The van der Waals surface area contributed by atoms with Gasteiger partial charge in [0.15, 0.2) is 23.8 Å². The van der Waals surface area contributed by atoms with Gasteiger partial charge in [0.2, 0.25) is 18.4 Å². The average Bonchev–Trinajstić information content (AvgIpc) is 3.42. The second-order valence-electron chi connectivity index (χ2n) is 6.76. The van der Waals surface area contributed by atoms with E-state index in [1.165, 1.54) is 17.7 Å². The standard InChI is InChI=1S/C16H18FN9O6/c1-3-9(28)31-14-10(17)11(30-6(2)27)13(32-14)26-12-7(4-19-15(18)20-12)25(16(26)29)5-8-21-23-24-22-8/h4,10-11,13-14H,3,5H2,1-2H3,(H2,18,19,20)(H,21,22,23,24)/t10-,11-,13-,14+/m1/s1. The third-order valence-electron chi connectivity index (χ3n) is 4.63. The number of nitrogens with two attached hydrogens (primary N) is 1. The predicted molar refractivity (Wildman–Crippen MR) is 100 cm³/mol. The van der Waals surface area contributed by atoms with Gasteiger partial charge in [-0.2, -0.15) is 10.2 Å². The van der Waals surface area contributed by atoms with E-state index >= 15 is 4.39 Å². The van der Waals surface area contributed by atoms with Crippen molar-refractivity contribution < 1.29 is 28.2 Å². The number of rotatable bonds is 6. The number of aromatic nitrogens is 8. The first-order valence-electron chi connectivity index (χ1n) is 9.42. The maximum Gasteiger partial charge on any atom is 0.333 e. The van der Waals surface area contributed by atoms with Crippen LogP contribution < -0.4 is 11.4 Å². The number of nitrogens with zero attached hydrogens (tertiary/aromatic N) is 7. The highest BCUT2D eigenvalue weighted by atomic mass is 19.1. The lowest BCUT2D eigenvalue weighted by Crippen LogP contribution is -2.37. The van der Waals surface area contributed by atoms with Crippen molar-refractivity contribution in [1.29, 1.82) is 0 Å². The molecule has 1 aliphatic rings. The lowest BCUT2D eigenvalue weighted by molar-refractivity contribution is -0.188. The van der Waals surface area contributed by atoms with Gasteiger partial charge in [0.1, 0.15) is 5.52 Å². The number of anilines is 1. The minimum absolute atomic E-state index is 0.0252. The SMILES string of the molecule is CCC(=O)O[C@H]1O[C@@H](n2c(=O)n(Cc3nn[nH]n3)c3cnc(N)nc32)[C@H](OC(C)=O)[C@H]1F. The van der Waals surface area contributed by atoms with Gasteiger partial charge in [0, 0.05) is 13.3 Å². The highest BCUT2D eigenvalue weighted by Crippen LogP contribution is 2.35. The van der Waals surface area contributed by atoms with Crippen LogP contribution >= 0.6 is 0 Å². The summed E-state index contributed by atoms with van der Waals surface area (Å²) in [7, 11) is 0. The van der Waals surface area contributed by atoms with E-state index < -0.39 is 42.4 Å². The van der Waals surface area contributed by atoms with Gasteiger partial charge in [0.05, 0.1) is 12.7 Å². The van der Waals surface area contributed by atoms with Crippen molar-refractivity contribution in [3.63, 3.8) is 0 Å². The molecule has 0 spiro atoms. The Hall–Kier alpha value is -3.95. The molecule has 0 aromatic carbocycles. The van der Waals surface area contributed by atoms with Crippen LogP contribution in [0.4, 0.5) is 10.3 Å². The van der Waals surface area contributed by atoms with Crippen molar-refractivity contribution in [2.24, 2.45) is 0 Å². The number of H-pyrrole nitrogens is 1. The number of imidazole rings is 1. The van der Waals surface area contributed by atoms with Crippen molar-refractivity contribution in [2.45, 2.75) is 51.6 Å². The van der Waals surface area contributed by atoms with E-state index in [4.69, 9.17) is 19.9 Å². The van der Waals surface area contributed by atoms with Crippen LogP contribution in [-0.2, 0) is 30.3 Å². The van der Waals surface area contributed by atoms with Crippen LogP contribution in [0.3, 0.4) is 0 Å². The summed E-state index contributed by atoms with van der Waals surface area (Å²) in [6.45, 7) is 2.45. The molecule has 3 aromatic rings. The topological polar surface area (TPSA) is 195 Å². The van der Waals surface area contributed by atoms with E-state index in [2.05, 4.69) is 30.6 Å². The Morgan fingerprint density at radius 3 is 2.81 bits per heavy atom. The Balaban J connectivity index is 1.83. The second-order valence-corrected chi connectivity index (χ2v) is 6.76. The molecule has 0 saturated carbocycles. The number of alkyl halides is 1. The second kappa shape index (κ2) is 8.29. The van der Waals surface area contributed by atoms with Crippen molar-refractivity contribution in [3.8, 4) is 0 Å². The number of nitrogens with one attached hydrogen (secondary N) is 1. The summed E-state index contributed by atoms with van der Waals surface area (Å²) in [6.07, 6.45) is -5.66. The first-order valence-corrected chi connectivity index (χ1v) is 9.42. The average molecular weight is 451 g/mol. The van der Waals surface area contributed by atoms with Gasteiger partial charge >= 0.3 is 17.6 Å². The maximum absolute atomic E-state index is 15.1. The monoisotopic (exact) mass is 451 g/mol. The molecule has 0 amide bonds. The quantitative estimate of drug-likeness (QED) is 0.426. The molecule has 3 aromatic heterocycles. The van der Waals surface area contributed by atoms with E-state index in [1.807, 2.05) is 0 Å². The van der Waals surface area contributed by atoms with Gasteiger partial charge in [0.25, 0.3) is 0 Å². The minimum Gasteiger partial charge on any atom is -0.454 e. The zero-order valence-electron chi connectivity index (χ0n) is 16.8. The number of tetrazole rings is 1. The van der Waals surface area contributed by atoms with Crippen LogP contribution in [0.15, 0.2) is 11.0 Å². The van der Waals surface area contributed by atoms with Gasteiger partial charge in [-0.3, -0.25) is 14.2 Å². The largest absolute Gasteiger partial charge is 0.454 e. The smallest absolute Gasteiger partial charge is 0.333 e. The first-order chi connectivity index (χ1) is 15.3. The van der Waals surface area contributed by atoms with E-state index in [-0.39, 0.29) is 35.9 Å². The number of esters is 2. The molecule has 170 valence electrons. The zero-order chi connectivity index (χ0) is 23.0. The number of ether oxygens (including phenoxy) is 3. The fourth-order valence-electron chi connectivity index (χ4n) is 3.27. The number of aromatic amines is 1. The van der Waals surface area contributed by atoms with E-state index in [0.717, 1.165) is 11.5 Å². The summed E-state index contributed by atoms with van der Waals surface area (Å²) < 4.78 is 32.8.